The molecule has 3 nitrogen and oxygen atoms in total. The Kier molecular flexibility index (Phi) is 5.41. The molecule has 1 aromatic heterocycles. The molecular weight excluding hydrogens is 403 g/mol. The summed E-state index contributed by atoms with van der Waals surface area (Å²) in [4.78, 5) is 7.78. The predicted octanol–water partition coefficient (Wildman–Crippen LogP) is 5.72. The SMILES string of the molecule is CC(C)(C)C(O)(c1cncnc1)c1ccc(-c2ccc(C(F)(F)F)cc2F)cc1F. The zero-order chi connectivity index (χ0) is 22.3. The third kappa shape index (κ3) is 3.79. The first-order valence-electron chi connectivity index (χ1n) is 9.00. The normalized spacial score (nSPS) is 14.4. The number of alkyl halides is 3. The summed E-state index contributed by atoms with van der Waals surface area (Å²) in [5.74, 6) is -1.97. The van der Waals surface area contributed by atoms with E-state index in [1.807, 2.05) is 0 Å². The summed E-state index contributed by atoms with van der Waals surface area (Å²) < 4.78 is 67.7. The highest BCUT2D eigenvalue weighted by Crippen LogP contribution is 2.45. The maximum Gasteiger partial charge on any atom is 0.416 e. The fraction of sp³-hybridized carbons (Fsp3) is 0.273. The maximum absolute atomic E-state index is 15.1. The molecule has 0 saturated carbocycles. The Balaban J connectivity index is 2.11. The summed E-state index contributed by atoms with van der Waals surface area (Å²) in [7, 11) is 0. The summed E-state index contributed by atoms with van der Waals surface area (Å²) in [6.45, 7) is 5.13. The highest BCUT2D eigenvalue weighted by molar-refractivity contribution is 5.65. The fourth-order valence-corrected chi connectivity index (χ4v) is 3.38. The van der Waals surface area contributed by atoms with Gasteiger partial charge in [0.1, 0.15) is 23.6 Å². The van der Waals surface area contributed by atoms with Crippen molar-refractivity contribution in [3.05, 3.63) is 83.4 Å². The Bertz CT molecular complexity index is 1060. The zero-order valence-corrected chi connectivity index (χ0v) is 16.4. The van der Waals surface area contributed by atoms with Crippen molar-refractivity contribution >= 4 is 0 Å². The molecule has 0 aliphatic heterocycles. The first kappa shape index (κ1) is 21.8. The first-order chi connectivity index (χ1) is 13.9. The number of halogens is 5. The molecule has 0 amide bonds. The number of rotatable bonds is 3. The van der Waals surface area contributed by atoms with E-state index < -0.39 is 34.4 Å². The minimum absolute atomic E-state index is 0.0445. The van der Waals surface area contributed by atoms with Crippen LogP contribution in [0.5, 0.6) is 0 Å². The van der Waals surface area contributed by atoms with Crippen LogP contribution in [0.25, 0.3) is 11.1 Å². The Labute approximate surface area is 170 Å². The van der Waals surface area contributed by atoms with Crippen LogP contribution in [0.1, 0.15) is 37.5 Å². The number of hydrogen-bond donors (Lipinski definition) is 1. The van der Waals surface area contributed by atoms with Gasteiger partial charge >= 0.3 is 6.18 Å². The minimum atomic E-state index is -4.69. The minimum Gasteiger partial charge on any atom is -0.380 e. The Hall–Kier alpha value is -2.87. The summed E-state index contributed by atoms with van der Waals surface area (Å²) in [6.07, 6.45) is -0.656. The Morgan fingerprint density at radius 3 is 1.93 bits per heavy atom. The van der Waals surface area contributed by atoms with E-state index in [9.17, 15) is 22.7 Å². The summed E-state index contributed by atoms with van der Waals surface area (Å²) >= 11 is 0. The van der Waals surface area contributed by atoms with Gasteiger partial charge in [0, 0.05) is 29.1 Å². The van der Waals surface area contributed by atoms with Crippen LogP contribution in [0.2, 0.25) is 0 Å². The maximum atomic E-state index is 15.1. The highest BCUT2D eigenvalue weighted by atomic mass is 19.4. The zero-order valence-electron chi connectivity index (χ0n) is 16.4. The monoisotopic (exact) mass is 422 g/mol. The van der Waals surface area contributed by atoms with Gasteiger partial charge in [-0.05, 0) is 29.2 Å². The largest absolute Gasteiger partial charge is 0.416 e. The van der Waals surface area contributed by atoms with Crippen molar-refractivity contribution in [3.8, 4) is 11.1 Å². The molecule has 0 aliphatic carbocycles. The van der Waals surface area contributed by atoms with Crippen molar-refractivity contribution < 1.29 is 27.1 Å². The molecular formula is C22H19F5N2O. The summed E-state index contributed by atoms with van der Waals surface area (Å²) in [5, 5.41) is 11.5. The first-order valence-corrected chi connectivity index (χ1v) is 9.00. The number of nitrogens with zero attached hydrogens (tertiary/aromatic N) is 2. The van der Waals surface area contributed by atoms with Gasteiger partial charge in [-0.15, -0.1) is 0 Å². The predicted molar refractivity (Wildman–Crippen MR) is 101 cm³/mol. The molecule has 0 aliphatic rings. The molecule has 0 fully saturated rings. The van der Waals surface area contributed by atoms with Crippen molar-refractivity contribution in [2.45, 2.75) is 32.5 Å². The molecule has 8 heteroatoms. The molecule has 1 unspecified atom stereocenters. The van der Waals surface area contributed by atoms with Crippen LogP contribution in [0, 0.1) is 17.0 Å². The lowest BCUT2D eigenvalue weighted by atomic mass is 9.68. The molecule has 158 valence electrons. The lowest BCUT2D eigenvalue weighted by Crippen LogP contribution is -2.42. The van der Waals surface area contributed by atoms with Gasteiger partial charge < -0.3 is 5.11 Å². The Morgan fingerprint density at radius 2 is 1.43 bits per heavy atom. The van der Waals surface area contributed by atoms with Crippen LogP contribution in [0.15, 0.2) is 55.1 Å². The molecule has 0 radical (unpaired) electrons. The summed E-state index contributed by atoms with van der Waals surface area (Å²) in [6, 6.07) is 5.69. The lowest BCUT2D eigenvalue weighted by Gasteiger charge is -2.41. The van der Waals surface area contributed by atoms with Crippen LogP contribution in [0.4, 0.5) is 22.0 Å². The smallest absolute Gasteiger partial charge is 0.380 e. The molecule has 0 saturated heterocycles. The van der Waals surface area contributed by atoms with Crippen molar-refractivity contribution in [3.63, 3.8) is 0 Å². The molecule has 0 spiro atoms. The van der Waals surface area contributed by atoms with Gasteiger partial charge in [0.2, 0.25) is 0 Å². The average molecular weight is 422 g/mol. The quantitative estimate of drug-likeness (QED) is 0.549. The average Bonchev–Trinajstić information content (AvgIpc) is 2.66. The second kappa shape index (κ2) is 7.43. The van der Waals surface area contributed by atoms with Crippen LogP contribution in [-0.2, 0) is 11.8 Å². The second-order valence-corrected chi connectivity index (χ2v) is 7.97. The number of aromatic nitrogens is 2. The topological polar surface area (TPSA) is 46.0 Å². The van der Waals surface area contributed by atoms with Crippen molar-refractivity contribution in [1.82, 2.24) is 9.97 Å². The van der Waals surface area contributed by atoms with E-state index in [1.165, 1.54) is 30.9 Å². The standard InChI is InChI=1S/C22H19F5N2O/c1-20(2,3)21(30,15-10-28-12-29-11-15)17-7-4-13(8-19(17)24)16-6-5-14(9-18(16)23)22(25,26)27/h4-12,30H,1-3H3. The van der Waals surface area contributed by atoms with Gasteiger partial charge in [-0.25, -0.2) is 18.7 Å². The molecule has 2 aromatic carbocycles. The van der Waals surface area contributed by atoms with E-state index in [0.29, 0.717) is 6.07 Å². The van der Waals surface area contributed by atoms with E-state index in [0.717, 1.165) is 18.2 Å². The third-order valence-corrected chi connectivity index (χ3v) is 5.03. The van der Waals surface area contributed by atoms with E-state index in [-0.39, 0.29) is 22.3 Å². The van der Waals surface area contributed by atoms with Gasteiger partial charge in [-0.2, -0.15) is 13.2 Å². The van der Waals surface area contributed by atoms with Crippen LogP contribution in [-0.4, -0.2) is 15.1 Å². The lowest BCUT2D eigenvalue weighted by molar-refractivity contribution is -0.137. The number of benzene rings is 2. The fourth-order valence-electron chi connectivity index (χ4n) is 3.38. The third-order valence-electron chi connectivity index (χ3n) is 5.03. The van der Waals surface area contributed by atoms with Crippen LogP contribution in [0.3, 0.4) is 0 Å². The molecule has 1 heterocycles. The van der Waals surface area contributed by atoms with Gasteiger partial charge in [-0.1, -0.05) is 39.0 Å². The van der Waals surface area contributed by atoms with E-state index >= 15 is 4.39 Å². The molecule has 3 aromatic rings. The second-order valence-electron chi connectivity index (χ2n) is 7.97. The number of hydrogen-bond acceptors (Lipinski definition) is 3. The van der Waals surface area contributed by atoms with Gasteiger partial charge in [-0.3, -0.25) is 0 Å². The van der Waals surface area contributed by atoms with Crippen LogP contribution >= 0.6 is 0 Å². The molecule has 30 heavy (non-hydrogen) atoms. The number of aliphatic hydroxyl groups is 1. The molecule has 3 rings (SSSR count). The van der Waals surface area contributed by atoms with E-state index in [1.54, 1.807) is 20.8 Å². The Morgan fingerprint density at radius 1 is 0.800 bits per heavy atom. The van der Waals surface area contributed by atoms with E-state index in [2.05, 4.69) is 9.97 Å². The van der Waals surface area contributed by atoms with Gasteiger partial charge in [0.05, 0.1) is 5.56 Å². The molecule has 0 bridgehead atoms. The van der Waals surface area contributed by atoms with E-state index in [4.69, 9.17) is 0 Å². The molecule has 1 atom stereocenters. The van der Waals surface area contributed by atoms with Crippen molar-refractivity contribution in [2.75, 3.05) is 0 Å². The summed E-state index contributed by atoms with van der Waals surface area (Å²) in [5.41, 5.74) is -3.77. The van der Waals surface area contributed by atoms with Crippen LogP contribution < -0.4 is 0 Å². The van der Waals surface area contributed by atoms with Gasteiger partial charge in [0.15, 0.2) is 0 Å². The van der Waals surface area contributed by atoms with Gasteiger partial charge in [0.25, 0.3) is 0 Å². The van der Waals surface area contributed by atoms with Crippen molar-refractivity contribution in [1.29, 1.82) is 0 Å². The molecule has 1 N–H and O–H groups in total. The van der Waals surface area contributed by atoms with Crippen molar-refractivity contribution in [2.24, 2.45) is 5.41 Å². The highest BCUT2D eigenvalue weighted by Gasteiger charge is 2.45.